The van der Waals surface area contributed by atoms with Gasteiger partial charge in [0.1, 0.15) is 5.52 Å². The molecule has 0 atom stereocenters. The van der Waals surface area contributed by atoms with Crippen molar-refractivity contribution in [3.05, 3.63) is 64.5 Å². The highest BCUT2D eigenvalue weighted by Gasteiger charge is 2.14. The van der Waals surface area contributed by atoms with E-state index in [0.29, 0.717) is 22.6 Å². The van der Waals surface area contributed by atoms with Crippen molar-refractivity contribution in [1.29, 1.82) is 0 Å². The molecule has 0 amide bonds. The quantitative estimate of drug-likeness (QED) is 0.740. The van der Waals surface area contributed by atoms with Crippen LogP contribution in [0.1, 0.15) is 17.9 Å². The van der Waals surface area contributed by atoms with Gasteiger partial charge < -0.3 is 9.52 Å². The van der Waals surface area contributed by atoms with Crippen molar-refractivity contribution in [1.82, 2.24) is 4.98 Å². The van der Waals surface area contributed by atoms with Gasteiger partial charge in [0.15, 0.2) is 5.58 Å². The molecule has 0 spiro atoms. The smallest absolute Gasteiger partial charge is 0.308 e. The van der Waals surface area contributed by atoms with Crippen molar-refractivity contribution in [2.75, 3.05) is 0 Å². The van der Waals surface area contributed by atoms with E-state index in [0.717, 1.165) is 10.0 Å². The Bertz CT molecular complexity index is 834. The van der Waals surface area contributed by atoms with Crippen LogP contribution < -0.4 is 0 Å². The van der Waals surface area contributed by atoms with Crippen LogP contribution in [0.15, 0.2) is 57.4 Å². The van der Waals surface area contributed by atoms with E-state index >= 15 is 0 Å². The highest BCUT2D eigenvalue weighted by Crippen LogP contribution is 2.26. The minimum atomic E-state index is -0.927. The Morgan fingerprint density at radius 3 is 2.77 bits per heavy atom. The van der Waals surface area contributed by atoms with Crippen LogP contribution in [0.5, 0.6) is 0 Å². The second-order valence-corrected chi connectivity index (χ2v) is 5.70. The molecule has 5 heteroatoms. The van der Waals surface area contributed by atoms with E-state index < -0.39 is 5.97 Å². The number of carboxylic acids is 1. The number of rotatable bonds is 4. The maximum atomic E-state index is 11.1. The van der Waals surface area contributed by atoms with Gasteiger partial charge in [-0.3, -0.25) is 4.79 Å². The fraction of sp³-hybridized carbons (Fsp3) is 0.0588. The second kappa shape index (κ2) is 6.15. The Kier molecular flexibility index (Phi) is 4.06. The fourth-order valence-electron chi connectivity index (χ4n) is 2.16. The topological polar surface area (TPSA) is 63.3 Å². The zero-order valence-corrected chi connectivity index (χ0v) is 13.1. The lowest BCUT2D eigenvalue weighted by atomic mass is 10.1. The molecule has 0 saturated carbocycles. The summed E-state index contributed by atoms with van der Waals surface area (Å²) >= 11 is 3.40. The standard InChI is InChI=1S/C17H12BrNO3/c18-13-5-3-4-11(9-13)8-12(10-16(20)21)17-19-14-6-1-2-7-15(14)22-17/h1-9H,10H2,(H,20,21)/b12-8+. The van der Waals surface area contributed by atoms with Gasteiger partial charge in [-0.25, -0.2) is 4.98 Å². The van der Waals surface area contributed by atoms with Gasteiger partial charge in [-0.15, -0.1) is 0 Å². The van der Waals surface area contributed by atoms with E-state index in [1.54, 1.807) is 6.08 Å². The normalized spacial score (nSPS) is 11.8. The van der Waals surface area contributed by atoms with Crippen molar-refractivity contribution in [3.63, 3.8) is 0 Å². The predicted octanol–water partition coefficient (Wildman–Crippen LogP) is 4.61. The molecule has 1 N–H and O–H groups in total. The predicted molar refractivity (Wildman–Crippen MR) is 88.3 cm³/mol. The van der Waals surface area contributed by atoms with Crippen LogP contribution in [0.2, 0.25) is 0 Å². The molecule has 0 radical (unpaired) electrons. The molecule has 0 fully saturated rings. The minimum absolute atomic E-state index is 0.153. The van der Waals surface area contributed by atoms with Gasteiger partial charge in [0.2, 0.25) is 5.89 Å². The zero-order chi connectivity index (χ0) is 15.5. The molecular weight excluding hydrogens is 346 g/mol. The Balaban J connectivity index is 2.07. The Labute approximate surface area is 135 Å². The number of benzene rings is 2. The lowest BCUT2D eigenvalue weighted by molar-refractivity contribution is -0.135. The summed E-state index contributed by atoms with van der Waals surface area (Å²) in [6.07, 6.45) is 1.63. The fourth-order valence-corrected chi connectivity index (χ4v) is 2.58. The maximum Gasteiger partial charge on any atom is 0.308 e. The number of hydrogen-bond donors (Lipinski definition) is 1. The van der Waals surface area contributed by atoms with Gasteiger partial charge in [0, 0.05) is 10.0 Å². The molecule has 110 valence electrons. The summed E-state index contributed by atoms with van der Waals surface area (Å²) < 4.78 is 6.60. The first kappa shape index (κ1) is 14.5. The van der Waals surface area contributed by atoms with E-state index in [1.165, 1.54) is 0 Å². The summed E-state index contributed by atoms with van der Waals surface area (Å²) in [5, 5.41) is 9.13. The molecular formula is C17H12BrNO3. The van der Waals surface area contributed by atoms with Crippen LogP contribution in [0, 0.1) is 0 Å². The van der Waals surface area contributed by atoms with Crippen molar-refractivity contribution < 1.29 is 14.3 Å². The van der Waals surface area contributed by atoms with Crippen LogP contribution in [-0.2, 0) is 4.79 Å². The highest BCUT2D eigenvalue weighted by atomic mass is 79.9. The number of oxazole rings is 1. The minimum Gasteiger partial charge on any atom is -0.481 e. The highest BCUT2D eigenvalue weighted by molar-refractivity contribution is 9.10. The Morgan fingerprint density at radius 2 is 2.05 bits per heavy atom. The molecule has 0 saturated heterocycles. The second-order valence-electron chi connectivity index (χ2n) is 4.78. The number of para-hydroxylation sites is 2. The summed E-state index contributed by atoms with van der Waals surface area (Å²) in [5.41, 5.74) is 2.76. The average Bonchev–Trinajstić information content (AvgIpc) is 2.90. The molecule has 0 bridgehead atoms. The van der Waals surface area contributed by atoms with Crippen LogP contribution in [0.4, 0.5) is 0 Å². The van der Waals surface area contributed by atoms with Gasteiger partial charge >= 0.3 is 5.97 Å². The van der Waals surface area contributed by atoms with Crippen LogP contribution in [0.25, 0.3) is 22.7 Å². The number of nitrogens with zero attached hydrogens (tertiary/aromatic N) is 1. The number of carbonyl (C=O) groups is 1. The van der Waals surface area contributed by atoms with Gasteiger partial charge in [-0.1, -0.05) is 40.2 Å². The molecule has 1 aromatic heterocycles. The number of aromatic nitrogens is 1. The van der Waals surface area contributed by atoms with Crippen molar-refractivity contribution >= 4 is 44.6 Å². The molecule has 2 aromatic carbocycles. The molecule has 0 aliphatic carbocycles. The van der Waals surface area contributed by atoms with Crippen LogP contribution in [0.3, 0.4) is 0 Å². The van der Waals surface area contributed by atoms with Gasteiger partial charge in [-0.2, -0.15) is 0 Å². The van der Waals surface area contributed by atoms with Crippen LogP contribution in [-0.4, -0.2) is 16.1 Å². The number of hydrogen-bond acceptors (Lipinski definition) is 3. The van der Waals surface area contributed by atoms with E-state index in [2.05, 4.69) is 20.9 Å². The molecule has 0 aliphatic rings. The largest absolute Gasteiger partial charge is 0.481 e. The van der Waals surface area contributed by atoms with Gasteiger partial charge in [-0.05, 0) is 35.9 Å². The third-order valence-corrected chi connectivity index (χ3v) is 3.59. The molecule has 1 heterocycles. The van der Waals surface area contributed by atoms with E-state index in [9.17, 15) is 4.79 Å². The molecule has 3 rings (SSSR count). The number of carboxylic acid groups (broad SMARTS) is 1. The van der Waals surface area contributed by atoms with E-state index in [1.807, 2.05) is 48.5 Å². The number of fused-ring (bicyclic) bond motifs is 1. The van der Waals surface area contributed by atoms with Crippen molar-refractivity contribution in [2.45, 2.75) is 6.42 Å². The van der Waals surface area contributed by atoms with E-state index in [-0.39, 0.29) is 6.42 Å². The lowest BCUT2D eigenvalue weighted by Gasteiger charge is -2.01. The third-order valence-electron chi connectivity index (χ3n) is 3.10. The third kappa shape index (κ3) is 3.26. The van der Waals surface area contributed by atoms with Crippen molar-refractivity contribution in [2.24, 2.45) is 0 Å². The zero-order valence-electron chi connectivity index (χ0n) is 11.5. The number of aliphatic carboxylic acids is 1. The molecule has 4 nitrogen and oxygen atoms in total. The Hall–Kier alpha value is -2.40. The summed E-state index contributed by atoms with van der Waals surface area (Å²) in [5.74, 6) is -0.591. The molecule has 3 aromatic rings. The maximum absolute atomic E-state index is 11.1. The first-order chi connectivity index (χ1) is 10.6. The Morgan fingerprint density at radius 1 is 1.23 bits per heavy atom. The van der Waals surface area contributed by atoms with Crippen LogP contribution >= 0.6 is 15.9 Å². The van der Waals surface area contributed by atoms with Gasteiger partial charge in [0.05, 0.1) is 6.42 Å². The first-order valence-corrected chi connectivity index (χ1v) is 7.45. The van der Waals surface area contributed by atoms with Gasteiger partial charge in [0.25, 0.3) is 0 Å². The average molecular weight is 358 g/mol. The monoisotopic (exact) mass is 357 g/mol. The number of halogens is 1. The lowest BCUT2D eigenvalue weighted by Crippen LogP contribution is -1.97. The molecule has 22 heavy (non-hydrogen) atoms. The molecule has 0 aliphatic heterocycles. The summed E-state index contributed by atoms with van der Waals surface area (Å²) in [7, 11) is 0. The summed E-state index contributed by atoms with van der Waals surface area (Å²) in [6.45, 7) is 0. The first-order valence-electron chi connectivity index (χ1n) is 6.66. The van der Waals surface area contributed by atoms with Crippen molar-refractivity contribution in [3.8, 4) is 0 Å². The molecule has 0 unspecified atom stereocenters. The summed E-state index contributed by atoms with van der Waals surface area (Å²) in [6, 6.07) is 15.0. The summed E-state index contributed by atoms with van der Waals surface area (Å²) in [4.78, 5) is 15.5. The van der Waals surface area contributed by atoms with E-state index in [4.69, 9.17) is 9.52 Å². The SMILES string of the molecule is O=C(O)C/C(=C\c1cccc(Br)c1)c1nc2ccccc2o1.